The molecule has 2 heteroatoms. The van der Waals surface area contributed by atoms with Gasteiger partial charge < -0.3 is 4.74 Å². The molecule has 0 N–H and O–H groups in total. The second-order valence-electron chi connectivity index (χ2n) is 11.1. The van der Waals surface area contributed by atoms with E-state index < -0.39 is 0 Å². The maximum atomic E-state index is 11.0. The zero-order valence-electron chi connectivity index (χ0n) is 24.5. The molecule has 0 aliphatic carbocycles. The molecule has 0 saturated heterocycles. The van der Waals surface area contributed by atoms with Gasteiger partial charge >= 0.3 is 5.97 Å². The first kappa shape index (κ1) is 34.5. The lowest BCUT2D eigenvalue weighted by Crippen LogP contribution is -2.03. The minimum atomic E-state index is -0.0602. The van der Waals surface area contributed by atoms with Gasteiger partial charge in [0.2, 0.25) is 0 Å². The smallest absolute Gasteiger partial charge is 0.305 e. The van der Waals surface area contributed by atoms with Gasteiger partial charge in [-0.15, -0.1) is 0 Å². The fourth-order valence-electron chi connectivity index (χ4n) is 5.06. The summed E-state index contributed by atoms with van der Waals surface area (Å²) in [7, 11) is 0. The number of ether oxygens (including phenoxy) is 1. The number of rotatable bonds is 30. The maximum Gasteiger partial charge on any atom is 0.305 e. The van der Waals surface area contributed by atoms with Gasteiger partial charge in [0.1, 0.15) is 0 Å². The first-order chi connectivity index (χ1) is 17.3. The van der Waals surface area contributed by atoms with Crippen LogP contribution in [0.4, 0.5) is 0 Å². The molecule has 0 radical (unpaired) electrons. The molecule has 0 aromatic rings. The highest BCUT2D eigenvalue weighted by Crippen LogP contribution is 2.16. The third-order valence-electron chi connectivity index (χ3n) is 7.55. The molecule has 0 unspecified atom stereocenters. The van der Waals surface area contributed by atoms with Crippen LogP contribution in [0.25, 0.3) is 0 Å². The maximum absolute atomic E-state index is 11.0. The van der Waals surface area contributed by atoms with Crippen molar-refractivity contribution in [1.82, 2.24) is 0 Å². The van der Waals surface area contributed by atoms with Crippen LogP contribution in [-0.2, 0) is 9.53 Å². The number of carbonyl (C=O) groups is 1. The normalized spacial score (nSPS) is 11.3. The summed E-state index contributed by atoms with van der Waals surface area (Å²) in [4.78, 5) is 11.0. The van der Waals surface area contributed by atoms with Crippen LogP contribution in [-0.4, -0.2) is 12.6 Å². The van der Waals surface area contributed by atoms with Crippen LogP contribution in [0.1, 0.15) is 200 Å². The Bertz CT molecular complexity index is 393. The van der Waals surface area contributed by atoms with E-state index in [-0.39, 0.29) is 5.97 Å². The van der Waals surface area contributed by atoms with E-state index in [1.165, 1.54) is 173 Å². The van der Waals surface area contributed by atoms with Crippen LogP contribution in [0.15, 0.2) is 0 Å². The van der Waals surface area contributed by atoms with Gasteiger partial charge in [0.25, 0.3) is 0 Å². The number of esters is 1. The third kappa shape index (κ3) is 31.4. The molecular weight excluding hydrogens is 428 g/mol. The Hall–Kier alpha value is -0.530. The van der Waals surface area contributed by atoms with Gasteiger partial charge in [0.05, 0.1) is 6.61 Å². The van der Waals surface area contributed by atoms with E-state index in [4.69, 9.17) is 4.74 Å². The van der Waals surface area contributed by atoms with Crippen LogP contribution < -0.4 is 0 Å². The molecule has 35 heavy (non-hydrogen) atoms. The van der Waals surface area contributed by atoms with E-state index in [0.717, 1.165) is 6.42 Å². The number of hydrogen-bond acceptors (Lipinski definition) is 2. The van der Waals surface area contributed by atoms with Crippen molar-refractivity contribution in [3.8, 4) is 0 Å². The van der Waals surface area contributed by atoms with Gasteiger partial charge in [-0.05, 0) is 6.42 Å². The highest BCUT2D eigenvalue weighted by molar-refractivity contribution is 5.68. The molecule has 0 spiro atoms. The molecule has 0 bridgehead atoms. The van der Waals surface area contributed by atoms with Crippen molar-refractivity contribution in [2.45, 2.75) is 200 Å². The van der Waals surface area contributed by atoms with Crippen molar-refractivity contribution in [2.24, 2.45) is 0 Å². The summed E-state index contributed by atoms with van der Waals surface area (Å²) in [5.41, 5.74) is 0. The van der Waals surface area contributed by atoms with Crippen molar-refractivity contribution in [3.63, 3.8) is 0 Å². The predicted octanol–water partition coefficient (Wildman–Crippen LogP) is 11.9. The number of unbranched alkanes of at least 4 members (excludes halogenated alkanes) is 27. The first-order valence-electron chi connectivity index (χ1n) is 16.5. The molecule has 0 saturated carbocycles. The van der Waals surface area contributed by atoms with Gasteiger partial charge in [0.15, 0.2) is 0 Å². The lowest BCUT2D eigenvalue weighted by atomic mass is 10.0. The van der Waals surface area contributed by atoms with E-state index in [2.05, 4.69) is 6.92 Å². The second kappa shape index (κ2) is 31.5. The predicted molar refractivity (Wildman–Crippen MR) is 156 cm³/mol. The van der Waals surface area contributed by atoms with Gasteiger partial charge in [-0.3, -0.25) is 4.79 Å². The Balaban J connectivity index is 3.02. The quantitative estimate of drug-likeness (QED) is 0.0732. The van der Waals surface area contributed by atoms with Crippen molar-refractivity contribution < 1.29 is 9.53 Å². The fraction of sp³-hybridized carbons (Fsp3) is 0.970. The second-order valence-corrected chi connectivity index (χ2v) is 11.1. The molecule has 0 fully saturated rings. The van der Waals surface area contributed by atoms with Crippen molar-refractivity contribution >= 4 is 5.97 Å². The molecule has 0 aromatic carbocycles. The van der Waals surface area contributed by atoms with E-state index >= 15 is 0 Å². The summed E-state index contributed by atoms with van der Waals surface area (Å²) in [6, 6.07) is 0. The molecular formula is C33H66O2. The lowest BCUT2D eigenvalue weighted by Gasteiger charge is -2.05. The average molecular weight is 495 g/mol. The van der Waals surface area contributed by atoms with Gasteiger partial charge in [-0.25, -0.2) is 0 Å². The van der Waals surface area contributed by atoms with E-state index in [1.807, 2.05) is 6.92 Å². The van der Waals surface area contributed by atoms with Gasteiger partial charge in [0, 0.05) is 6.42 Å². The first-order valence-corrected chi connectivity index (χ1v) is 16.5. The summed E-state index contributed by atoms with van der Waals surface area (Å²) >= 11 is 0. The largest absolute Gasteiger partial charge is 0.466 e. The number of hydrogen-bond donors (Lipinski definition) is 0. The molecule has 0 aromatic heterocycles. The Morgan fingerprint density at radius 1 is 0.371 bits per heavy atom. The summed E-state index contributed by atoms with van der Waals surface area (Å²) < 4.78 is 5.11. The molecule has 0 amide bonds. The monoisotopic (exact) mass is 495 g/mol. The van der Waals surface area contributed by atoms with Gasteiger partial charge in [-0.1, -0.05) is 187 Å². The molecule has 0 aliphatic heterocycles. The molecule has 0 atom stereocenters. The molecule has 2 nitrogen and oxygen atoms in total. The highest BCUT2D eigenvalue weighted by atomic mass is 16.5. The summed E-state index contributed by atoms with van der Waals surface area (Å²) in [6.07, 6.45) is 40.3. The van der Waals surface area contributed by atoms with Crippen molar-refractivity contribution in [2.75, 3.05) is 6.61 Å². The summed E-state index contributed by atoms with van der Waals surface area (Å²) in [6.45, 7) is 4.77. The Kier molecular flexibility index (Phi) is 31.0. The Morgan fingerprint density at radius 2 is 0.600 bits per heavy atom. The molecule has 0 rings (SSSR count). The van der Waals surface area contributed by atoms with Crippen LogP contribution in [0.2, 0.25) is 0 Å². The zero-order valence-corrected chi connectivity index (χ0v) is 24.5. The Labute approximate surface area is 222 Å². The van der Waals surface area contributed by atoms with Crippen LogP contribution in [0.5, 0.6) is 0 Å². The minimum Gasteiger partial charge on any atom is -0.466 e. The van der Waals surface area contributed by atoms with E-state index in [0.29, 0.717) is 13.0 Å². The average Bonchev–Trinajstić information content (AvgIpc) is 2.87. The number of carbonyl (C=O) groups excluding carboxylic acids is 1. The zero-order chi connectivity index (χ0) is 25.5. The summed E-state index contributed by atoms with van der Waals surface area (Å²) in [5, 5.41) is 0. The summed E-state index contributed by atoms with van der Waals surface area (Å²) in [5.74, 6) is -0.0602. The lowest BCUT2D eigenvalue weighted by molar-refractivity contribution is -0.143. The highest BCUT2D eigenvalue weighted by Gasteiger charge is 1.98. The van der Waals surface area contributed by atoms with Gasteiger partial charge in [-0.2, -0.15) is 0 Å². The molecule has 0 heterocycles. The Morgan fingerprint density at radius 3 is 0.829 bits per heavy atom. The van der Waals surface area contributed by atoms with Crippen LogP contribution in [0.3, 0.4) is 0 Å². The van der Waals surface area contributed by atoms with Crippen molar-refractivity contribution in [1.29, 1.82) is 0 Å². The van der Waals surface area contributed by atoms with Crippen LogP contribution >= 0.6 is 0 Å². The van der Waals surface area contributed by atoms with E-state index in [1.54, 1.807) is 0 Å². The van der Waals surface area contributed by atoms with E-state index in [9.17, 15) is 4.79 Å². The topological polar surface area (TPSA) is 26.3 Å². The minimum absolute atomic E-state index is 0.0602. The fourth-order valence-corrected chi connectivity index (χ4v) is 5.06. The SMILES string of the molecule is CCCCCCCCCCCCCCCCCCCCCCCCCCCCCCOC(=O)CC. The molecule has 210 valence electrons. The van der Waals surface area contributed by atoms with Crippen molar-refractivity contribution in [3.05, 3.63) is 0 Å². The third-order valence-corrected chi connectivity index (χ3v) is 7.55. The molecule has 0 aliphatic rings. The standard InChI is InChI=1S/C33H66O2/c1-3-5-6-7-8-9-10-11-12-13-14-15-16-17-18-19-20-21-22-23-24-25-26-27-28-29-30-31-32-35-33(34)4-2/h3-32H2,1-2H3. The van der Waals surface area contributed by atoms with Crippen LogP contribution in [0, 0.1) is 0 Å².